The Hall–Kier alpha value is -1.41. The van der Waals surface area contributed by atoms with Crippen LogP contribution in [-0.2, 0) is 6.54 Å². The third-order valence-electron chi connectivity index (χ3n) is 3.46. The summed E-state index contributed by atoms with van der Waals surface area (Å²) >= 11 is 0. The van der Waals surface area contributed by atoms with E-state index in [0.29, 0.717) is 12.1 Å². The molecule has 0 aliphatic carbocycles. The first-order chi connectivity index (χ1) is 8.60. The Morgan fingerprint density at radius 2 is 2.22 bits per heavy atom. The first-order valence-corrected chi connectivity index (χ1v) is 6.16. The summed E-state index contributed by atoms with van der Waals surface area (Å²) in [5.41, 5.74) is 1.82. The van der Waals surface area contributed by atoms with Gasteiger partial charge in [0.05, 0.1) is 17.7 Å². The Kier molecular flexibility index (Phi) is 3.97. The number of nitrogens with zero attached hydrogens (tertiary/aromatic N) is 3. The Balaban J connectivity index is 2.01. The number of aliphatic hydroxyl groups is 1. The first kappa shape index (κ1) is 13.0. The van der Waals surface area contributed by atoms with Gasteiger partial charge in [0.15, 0.2) is 0 Å². The molecule has 2 rings (SSSR count). The fourth-order valence-electron chi connectivity index (χ4n) is 2.48. The maximum atomic E-state index is 9.97. The maximum Gasteiger partial charge on any atom is 0.0991 e. The van der Waals surface area contributed by atoms with Gasteiger partial charge in [0.2, 0.25) is 0 Å². The topological polar surface area (TPSA) is 50.5 Å². The highest BCUT2D eigenvalue weighted by atomic mass is 16.3. The predicted molar refractivity (Wildman–Crippen MR) is 69.9 cm³/mol. The molecule has 0 amide bonds. The number of hydrogen-bond acceptors (Lipinski definition) is 4. The Morgan fingerprint density at radius 1 is 1.44 bits per heavy atom. The van der Waals surface area contributed by atoms with E-state index < -0.39 is 0 Å². The van der Waals surface area contributed by atoms with E-state index in [9.17, 15) is 5.11 Å². The number of aliphatic hydroxyl groups excluding tert-OH is 1. The molecule has 1 aromatic carbocycles. The molecule has 4 nitrogen and oxygen atoms in total. The van der Waals surface area contributed by atoms with Crippen molar-refractivity contribution in [2.75, 3.05) is 27.2 Å². The molecule has 18 heavy (non-hydrogen) atoms. The summed E-state index contributed by atoms with van der Waals surface area (Å²) in [6.45, 7) is 2.35. The number of β-amino-alcohol motifs (C(OH)–C–C–N with tert-alkyl or cyclic N) is 1. The van der Waals surface area contributed by atoms with Crippen molar-refractivity contribution >= 4 is 0 Å². The van der Waals surface area contributed by atoms with E-state index in [4.69, 9.17) is 5.26 Å². The second-order valence-electron chi connectivity index (χ2n) is 5.10. The van der Waals surface area contributed by atoms with E-state index in [0.717, 1.165) is 18.7 Å². The fraction of sp³-hybridized carbons (Fsp3) is 0.500. The summed E-state index contributed by atoms with van der Waals surface area (Å²) in [4.78, 5) is 4.29. The Bertz CT molecular complexity index is 453. The lowest BCUT2D eigenvalue weighted by Gasteiger charge is -2.21. The van der Waals surface area contributed by atoms with Crippen LogP contribution in [-0.4, -0.2) is 54.2 Å². The number of hydrogen-bond donors (Lipinski definition) is 1. The predicted octanol–water partition coefficient (Wildman–Crippen LogP) is 0.665. The first-order valence-electron chi connectivity index (χ1n) is 6.16. The molecule has 96 valence electrons. The zero-order valence-electron chi connectivity index (χ0n) is 10.9. The van der Waals surface area contributed by atoms with Gasteiger partial charge < -0.3 is 10.0 Å². The molecule has 0 spiro atoms. The van der Waals surface area contributed by atoms with Crippen molar-refractivity contribution < 1.29 is 5.11 Å². The van der Waals surface area contributed by atoms with Crippen LogP contribution in [0, 0.1) is 11.3 Å². The van der Waals surface area contributed by atoms with Crippen LogP contribution in [0.1, 0.15) is 11.1 Å². The lowest BCUT2D eigenvalue weighted by Crippen LogP contribution is -2.37. The third kappa shape index (κ3) is 2.88. The van der Waals surface area contributed by atoms with Crippen LogP contribution in [0.4, 0.5) is 0 Å². The van der Waals surface area contributed by atoms with Crippen LogP contribution in [0.25, 0.3) is 0 Å². The van der Waals surface area contributed by atoms with E-state index in [-0.39, 0.29) is 12.1 Å². The summed E-state index contributed by atoms with van der Waals surface area (Å²) in [7, 11) is 3.99. The van der Waals surface area contributed by atoms with Gasteiger partial charge >= 0.3 is 0 Å². The largest absolute Gasteiger partial charge is 0.390 e. The summed E-state index contributed by atoms with van der Waals surface area (Å²) in [6.07, 6.45) is -0.292. The van der Waals surface area contributed by atoms with E-state index in [1.54, 1.807) is 0 Å². The molecule has 1 aromatic rings. The van der Waals surface area contributed by atoms with Gasteiger partial charge in [-0.25, -0.2) is 0 Å². The van der Waals surface area contributed by atoms with Crippen molar-refractivity contribution in [3.63, 3.8) is 0 Å². The molecule has 2 atom stereocenters. The van der Waals surface area contributed by atoms with E-state index in [1.807, 2.05) is 38.4 Å². The van der Waals surface area contributed by atoms with Crippen molar-refractivity contribution in [3.05, 3.63) is 35.4 Å². The highest BCUT2D eigenvalue weighted by Crippen LogP contribution is 2.17. The number of likely N-dealkylation sites (tertiary alicyclic amines) is 1. The average Bonchev–Trinajstić information content (AvgIpc) is 2.70. The normalized spacial score (nSPS) is 24.4. The summed E-state index contributed by atoms with van der Waals surface area (Å²) < 4.78 is 0. The molecule has 4 heteroatoms. The van der Waals surface area contributed by atoms with E-state index in [1.165, 1.54) is 0 Å². The minimum atomic E-state index is -0.292. The molecule has 1 N–H and O–H groups in total. The van der Waals surface area contributed by atoms with Crippen molar-refractivity contribution in [3.8, 4) is 6.07 Å². The van der Waals surface area contributed by atoms with E-state index >= 15 is 0 Å². The minimum absolute atomic E-state index is 0.198. The van der Waals surface area contributed by atoms with Crippen LogP contribution in [0.15, 0.2) is 24.3 Å². The van der Waals surface area contributed by atoms with Gasteiger partial charge in [-0.3, -0.25) is 4.90 Å². The average molecular weight is 245 g/mol. The molecule has 0 aromatic heterocycles. The highest BCUT2D eigenvalue weighted by molar-refractivity contribution is 5.32. The monoisotopic (exact) mass is 245 g/mol. The lowest BCUT2D eigenvalue weighted by molar-refractivity contribution is 0.112. The molecular weight excluding hydrogens is 226 g/mol. The Morgan fingerprint density at radius 3 is 2.83 bits per heavy atom. The molecule has 0 radical (unpaired) electrons. The second kappa shape index (κ2) is 5.49. The summed E-state index contributed by atoms with van der Waals surface area (Å²) in [6, 6.07) is 10.0. The van der Waals surface area contributed by atoms with Gasteiger partial charge in [0, 0.05) is 25.7 Å². The van der Waals surface area contributed by atoms with Gasteiger partial charge in [0.25, 0.3) is 0 Å². The molecule has 1 aliphatic heterocycles. The van der Waals surface area contributed by atoms with Gasteiger partial charge in [0.1, 0.15) is 0 Å². The number of benzene rings is 1. The highest BCUT2D eigenvalue weighted by Gasteiger charge is 2.32. The molecule has 1 aliphatic rings. The molecule has 0 unspecified atom stereocenters. The van der Waals surface area contributed by atoms with Gasteiger partial charge in [-0.05, 0) is 31.8 Å². The molecule has 0 saturated carbocycles. The maximum absolute atomic E-state index is 9.97. The smallest absolute Gasteiger partial charge is 0.0991 e. The third-order valence-corrected chi connectivity index (χ3v) is 3.46. The van der Waals surface area contributed by atoms with E-state index in [2.05, 4.69) is 15.9 Å². The standard InChI is InChI=1S/C14H19N3O/c1-16(2)13-9-17(10-14(13)18)8-12-5-3-4-11(6-12)7-15/h3-6,13-14,18H,8-10H2,1-2H3/t13-,14-/m0/s1. The van der Waals surface area contributed by atoms with Gasteiger partial charge in [-0.1, -0.05) is 12.1 Å². The quantitative estimate of drug-likeness (QED) is 0.850. The van der Waals surface area contributed by atoms with Crippen molar-refractivity contribution in [2.45, 2.75) is 18.7 Å². The SMILES string of the molecule is CN(C)[C@H]1CN(Cc2cccc(C#N)c2)C[C@@H]1O. The summed E-state index contributed by atoms with van der Waals surface area (Å²) in [5.74, 6) is 0. The van der Waals surface area contributed by atoms with Crippen LogP contribution in [0.5, 0.6) is 0 Å². The van der Waals surface area contributed by atoms with Crippen LogP contribution in [0.2, 0.25) is 0 Å². The fourth-order valence-corrected chi connectivity index (χ4v) is 2.48. The lowest BCUT2D eigenvalue weighted by atomic mass is 10.1. The van der Waals surface area contributed by atoms with Gasteiger partial charge in [-0.2, -0.15) is 5.26 Å². The molecule has 1 heterocycles. The molecular formula is C14H19N3O. The van der Waals surface area contributed by atoms with Crippen LogP contribution >= 0.6 is 0 Å². The minimum Gasteiger partial charge on any atom is -0.390 e. The molecule has 0 bridgehead atoms. The zero-order chi connectivity index (χ0) is 13.1. The van der Waals surface area contributed by atoms with Crippen LogP contribution < -0.4 is 0 Å². The van der Waals surface area contributed by atoms with Crippen molar-refractivity contribution in [1.82, 2.24) is 9.80 Å². The van der Waals surface area contributed by atoms with Crippen molar-refractivity contribution in [1.29, 1.82) is 5.26 Å². The number of rotatable bonds is 3. The zero-order valence-corrected chi connectivity index (χ0v) is 10.9. The molecule has 1 fully saturated rings. The Labute approximate surface area is 108 Å². The molecule has 1 saturated heterocycles. The number of nitriles is 1. The summed E-state index contributed by atoms with van der Waals surface area (Å²) in [5, 5.41) is 18.8. The second-order valence-corrected chi connectivity index (χ2v) is 5.10. The van der Waals surface area contributed by atoms with Crippen molar-refractivity contribution in [2.24, 2.45) is 0 Å². The number of likely N-dealkylation sites (N-methyl/N-ethyl adjacent to an activating group) is 1. The van der Waals surface area contributed by atoms with Gasteiger partial charge in [-0.15, -0.1) is 0 Å². The van der Waals surface area contributed by atoms with Crippen LogP contribution in [0.3, 0.4) is 0 Å².